The van der Waals surface area contributed by atoms with Crippen molar-refractivity contribution in [2.75, 3.05) is 0 Å². The van der Waals surface area contributed by atoms with E-state index < -0.39 is 17.2 Å². The van der Waals surface area contributed by atoms with Crippen molar-refractivity contribution in [2.24, 2.45) is 0 Å². The van der Waals surface area contributed by atoms with Crippen LogP contribution in [0.4, 0.5) is 8.78 Å². The molecule has 2 aromatic carbocycles. The summed E-state index contributed by atoms with van der Waals surface area (Å²) in [5, 5.41) is 10.6. The van der Waals surface area contributed by atoms with Crippen LogP contribution in [0.5, 0.6) is 0 Å². The summed E-state index contributed by atoms with van der Waals surface area (Å²) in [5.74, 6) is -1.18. The molecule has 0 fully saturated rings. The van der Waals surface area contributed by atoms with Gasteiger partial charge in [-0.05, 0) is 49.2 Å². The predicted octanol–water partition coefficient (Wildman–Crippen LogP) is 4.84. The van der Waals surface area contributed by atoms with Crippen molar-refractivity contribution in [3.05, 3.63) is 68.7 Å². The van der Waals surface area contributed by atoms with Crippen molar-refractivity contribution in [1.29, 1.82) is 0 Å². The second kappa shape index (κ2) is 5.32. The molecule has 0 amide bonds. The van der Waals surface area contributed by atoms with Gasteiger partial charge in [0.1, 0.15) is 17.2 Å². The van der Waals surface area contributed by atoms with E-state index in [2.05, 4.69) is 0 Å². The Morgan fingerprint density at radius 3 is 2.25 bits per heavy atom. The van der Waals surface area contributed by atoms with Crippen LogP contribution in [0, 0.1) is 18.6 Å². The summed E-state index contributed by atoms with van der Waals surface area (Å²) >= 11 is 11.6. The fraction of sp³-hybridized carbons (Fsp3) is 0.200. The summed E-state index contributed by atoms with van der Waals surface area (Å²) in [6, 6.07) is 6.42. The number of hydrogen-bond donors (Lipinski definition) is 1. The summed E-state index contributed by atoms with van der Waals surface area (Å²) in [4.78, 5) is 0. The molecule has 0 saturated carbocycles. The minimum atomic E-state index is -1.63. The van der Waals surface area contributed by atoms with E-state index in [1.165, 1.54) is 25.1 Å². The number of aryl methyl sites for hydroxylation is 1. The van der Waals surface area contributed by atoms with Gasteiger partial charge in [-0.2, -0.15) is 0 Å². The summed E-state index contributed by atoms with van der Waals surface area (Å²) < 4.78 is 27.1. The molecule has 2 aromatic rings. The normalized spacial score (nSPS) is 14.2. The molecule has 0 aliphatic rings. The molecule has 0 aliphatic carbocycles. The van der Waals surface area contributed by atoms with E-state index in [0.29, 0.717) is 11.1 Å². The lowest BCUT2D eigenvalue weighted by Gasteiger charge is -2.26. The Bertz CT molecular complexity index is 649. The van der Waals surface area contributed by atoms with Gasteiger partial charge in [0.2, 0.25) is 0 Å². The first kappa shape index (κ1) is 15.2. The van der Waals surface area contributed by atoms with Gasteiger partial charge in [-0.3, -0.25) is 0 Å². The predicted molar refractivity (Wildman–Crippen MR) is 76.2 cm³/mol. The second-order valence-corrected chi connectivity index (χ2v) is 5.65. The maximum atomic E-state index is 13.6. The van der Waals surface area contributed by atoms with E-state index >= 15 is 0 Å². The molecule has 106 valence electrons. The first-order chi connectivity index (χ1) is 9.21. The van der Waals surface area contributed by atoms with Gasteiger partial charge in [0.05, 0.1) is 5.02 Å². The van der Waals surface area contributed by atoms with E-state index in [1.54, 1.807) is 13.0 Å². The van der Waals surface area contributed by atoms with Gasteiger partial charge in [-0.25, -0.2) is 8.78 Å². The molecule has 1 nitrogen and oxygen atoms in total. The average Bonchev–Trinajstić information content (AvgIpc) is 2.32. The highest BCUT2D eigenvalue weighted by molar-refractivity contribution is 6.35. The van der Waals surface area contributed by atoms with E-state index in [9.17, 15) is 13.9 Å². The highest BCUT2D eigenvalue weighted by atomic mass is 35.5. The molecule has 0 heterocycles. The number of halogens is 4. The van der Waals surface area contributed by atoms with Crippen LogP contribution in [-0.4, -0.2) is 5.11 Å². The van der Waals surface area contributed by atoms with Gasteiger partial charge < -0.3 is 5.11 Å². The van der Waals surface area contributed by atoms with Crippen LogP contribution in [0.1, 0.15) is 23.6 Å². The molecule has 1 unspecified atom stereocenters. The Morgan fingerprint density at radius 1 is 1.00 bits per heavy atom. The van der Waals surface area contributed by atoms with Crippen molar-refractivity contribution >= 4 is 23.2 Å². The Kier molecular flexibility index (Phi) is 4.05. The van der Waals surface area contributed by atoms with Crippen LogP contribution in [0.2, 0.25) is 10.0 Å². The van der Waals surface area contributed by atoms with E-state index in [4.69, 9.17) is 23.2 Å². The summed E-state index contributed by atoms with van der Waals surface area (Å²) in [7, 11) is 0. The van der Waals surface area contributed by atoms with E-state index in [0.717, 1.165) is 6.07 Å². The number of hydrogen-bond acceptors (Lipinski definition) is 1. The fourth-order valence-corrected chi connectivity index (χ4v) is 2.64. The summed E-state index contributed by atoms with van der Waals surface area (Å²) in [6.07, 6.45) is 0. The Labute approximate surface area is 125 Å². The van der Waals surface area contributed by atoms with E-state index in [-0.39, 0.29) is 15.6 Å². The van der Waals surface area contributed by atoms with Gasteiger partial charge in [-0.1, -0.05) is 29.3 Å². The zero-order chi connectivity index (χ0) is 15.1. The molecule has 0 aromatic heterocycles. The largest absolute Gasteiger partial charge is 0.381 e. The summed E-state index contributed by atoms with van der Waals surface area (Å²) in [6.45, 7) is 3.13. The molecule has 20 heavy (non-hydrogen) atoms. The van der Waals surface area contributed by atoms with Crippen molar-refractivity contribution in [3.8, 4) is 0 Å². The van der Waals surface area contributed by atoms with Gasteiger partial charge in [0.25, 0.3) is 0 Å². The zero-order valence-electron chi connectivity index (χ0n) is 10.8. The van der Waals surface area contributed by atoms with Gasteiger partial charge in [-0.15, -0.1) is 0 Å². The summed E-state index contributed by atoms with van der Waals surface area (Å²) in [5.41, 5.74) is -0.564. The minimum absolute atomic E-state index is 0.114. The molecule has 1 atom stereocenters. The minimum Gasteiger partial charge on any atom is -0.381 e. The number of benzene rings is 2. The molecule has 0 bridgehead atoms. The molecule has 0 spiro atoms. The SMILES string of the molecule is Cc1cc(F)cc(C(C)(O)c2cc(F)c(Cl)cc2Cl)c1. The van der Waals surface area contributed by atoms with Crippen LogP contribution >= 0.6 is 23.2 Å². The maximum absolute atomic E-state index is 13.6. The lowest BCUT2D eigenvalue weighted by molar-refractivity contribution is 0.101. The average molecular weight is 317 g/mol. The lowest BCUT2D eigenvalue weighted by Crippen LogP contribution is -2.24. The van der Waals surface area contributed by atoms with Crippen LogP contribution < -0.4 is 0 Å². The highest BCUT2D eigenvalue weighted by Crippen LogP contribution is 2.37. The maximum Gasteiger partial charge on any atom is 0.142 e. The second-order valence-electron chi connectivity index (χ2n) is 4.84. The molecule has 2 rings (SSSR count). The zero-order valence-corrected chi connectivity index (χ0v) is 12.4. The van der Waals surface area contributed by atoms with Crippen molar-refractivity contribution < 1.29 is 13.9 Å². The monoisotopic (exact) mass is 316 g/mol. The molecule has 5 heteroatoms. The van der Waals surface area contributed by atoms with Crippen molar-refractivity contribution in [1.82, 2.24) is 0 Å². The standard InChI is InChI=1S/C15H12Cl2F2O/c1-8-3-9(5-10(18)4-8)15(2,20)11-6-14(19)13(17)7-12(11)16/h3-7,20H,1-2H3. The third-order valence-electron chi connectivity index (χ3n) is 3.14. The number of rotatable bonds is 2. The smallest absolute Gasteiger partial charge is 0.142 e. The Morgan fingerprint density at radius 2 is 1.65 bits per heavy atom. The topological polar surface area (TPSA) is 20.2 Å². The highest BCUT2D eigenvalue weighted by Gasteiger charge is 2.30. The Hall–Kier alpha value is -1.16. The quantitative estimate of drug-likeness (QED) is 0.786. The first-order valence-electron chi connectivity index (χ1n) is 5.87. The Balaban J connectivity index is 2.62. The van der Waals surface area contributed by atoms with Crippen molar-refractivity contribution in [3.63, 3.8) is 0 Å². The molecule has 0 radical (unpaired) electrons. The lowest BCUT2D eigenvalue weighted by atomic mass is 9.87. The fourth-order valence-electron chi connectivity index (χ4n) is 2.07. The van der Waals surface area contributed by atoms with Crippen LogP contribution in [0.3, 0.4) is 0 Å². The van der Waals surface area contributed by atoms with Gasteiger partial charge >= 0.3 is 0 Å². The molecular formula is C15H12Cl2F2O. The molecule has 0 saturated heterocycles. The molecule has 1 N–H and O–H groups in total. The van der Waals surface area contributed by atoms with Gasteiger partial charge in [0.15, 0.2) is 0 Å². The van der Waals surface area contributed by atoms with Gasteiger partial charge in [0, 0.05) is 10.6 Å². The van der Waals surface area contributed by atoms with Crippen molar-refractivity contribution in [2.45, 2.75) is 19.4 Å². The van der Waals surface area contributed by atoms with Crippen LogP contribution in [-0.2, 0) is 5.60 Å². The number of aliphatic hydroxyl groups is 1. The van der Waals surface area contributed by atoms with E-state index in [1.807, 2.05) is 0 Å². The van der Waals surface area contributed by atoms with Crippen LogP contribution in [0.15, 0.2) is 30.3 Å². The molecular weight excluding hydrogens is 305 g/mol. The third-order valence-corrected chi connectivity index (χ3v) is 3.74. The van der Waals surface area contributed by atoms with Crippen LogP contribution in [0.25, 0.3) is 0 Å². The molecule has 0 aliphatic heterocycles. The third kappa shape index (κ3) is 2.80. The first-order valence-corrected chi connectivity index (χ1v) is 6.62.